The molecule has 0 amide bonds. The average molecular weight is 329 g/mol. The summed E-state index contributed by atoms with van der Waals surface area (Å²) in [4.78, 5) is 12.0. The molecule has 0 aromatic rings. The van der Waals surface area contributed by atoms with Gasteiger partial charge in [-0.1, -0.05) is 26.8 Å². The summed E-state index contributed by atoms with van der Waals surface area (Å²) in [7, 11) is 0. The molecule has 0 N–H and O–H groups in total. The normalized spacial score (nSPS) is 53.9. The van der Waals surface area contributed by atoms with E-state index in [1.807, 2.05) is 0 Å². The fraction of sp³-hybridized carbons (Fsp3) is 0.870. The maximum Gasteiger partial charge on any atom is 0.133 e. The van der Waals surface area contributed by atoms with E-state index in [0.717, 1.165) is 30.6 Å². The van der Waals surface area contributed by atoms with Crippen LogP contribution >= 0.6 is 0 Å². The van der Waals surface area contributed by atoms with E-state index in [1.54, 1.807) is 0 Å². The molecule has 4 fully saturated rings. The molecule has 1 nitrogen and oxygen atoms in total. The lowest BCUT2D eigenvalue weighted by Gasteiger charge is -2.61. The second-order valence-corrected chi connectivity index (χ2v) is 10.4. The van der Waals surface area contributed by atoms with Crippen LogP contribution in [0.4, 0.5) is 0 Å². The minimum atomic E-state index is 0.454. The Morgan fingerprint density at radius 3 is 2.54 bits per heavy atom. The van der Waals surface area contributed by atoms with Gasteiger partial charge in [-0.25, -0.2) is 0 Å². The number of hydrogen-bond acceptors (Lipinski definition) is 1. The van der Waals surface area contributed by atoms with Gasteiger partial charge < -0.3 is 0 Å². The third-order valence-electron chi connectivity index (χ3n) is 9.85. The van der Waals surface area contributed by atoms with Crippen molar-refractivity contribution in [1.82, 2.24) is 0 Å². The maximum absolute atomic E-state index is 12.0. The van der Waals surface area contributed by atoms with Crippen LogP contribution in [0.3, 0.4) is 0 Å². The molecular formula is C23H36O. The Morgan fingerprint density at radius 2 is 1.79 bits per heavy atom. The number of fused-ring (bicyclic) bond motifs is 5. The molecule has 4 aliphatic carbocycles. The summed E-state index contributed by atoms with van der Waals surface area (Å²) < 4.78 is 0. The highest BCUT2D eigenvalue weighted by Gasteiger charge is 2.62. The van der Waals surface area contributed by atoms with Gasteiger partial charge in [0.25, 0.3) is 0 Å². The van der Waals surface area contributed by atoms with Crippen molar-refractivity contribution < 1.29 is 4.79 Å². The monoisotopic (exact) mass is 328 g/mol. The number of Topliss-reactive ketones (excluding diaryl/α,β-unsaturated/α-hetero) is 1. The maximum atomic E-state index is 12.0. The van der Waals surface area contributed by atoms with Gasteiger partial charge in [0.15, 0.2) is 0 Å². The van der Waals surface area contributed by atoms with Gasteiger partial charge in [0, 0.05) is 12.8 Å². The zero-order chi connectivity index (χ0) is 17.2. The minimum Gasteiger partial charge on any atom is -0.300 e. The van der Waals surface area contributed by atoms with Crippen molar-refractivity contribution >= 4 is 5.78 Å². The first kappa shape index (κ1) is 16.9. The van der Waals surface area contributed by atoms with E-state index in [-0.39, 0.29) is 0 Å². The van der Waals surface area contributed by atoms with Gasteiger partial charge in [-0.2, -0.15) is 0 Å². The number of carbonyl (C=O) groups is 1. The number of carbonyl (C=O) groups excluding carboxylic acids is 1. The summed E-state index contributed by atoms with van der Waals surface area (Å²) in [6.07, 6.45) is 14.6. The van der Waals surface area contributed by atoms with Crippen molar-refractivity contribution in [1.29, 1.82) is 0 Å². The first-order chi connectivity index (χ1) is 11.3. The summed E-state index contributed by atoms with van der Waals surface area (Å²) >= 11 is 0. The van der Waals surface area contributed by atoms with E-state index in [4.69, 9.17) is 0 Å². The van der Waals surface area contributed by atoms with Crippen molar-refractivity contribution in [2.24, 2.45) is 39.9 Å². The second-order valence-electron chi connectivity index (χ2n) is 10.4. The molecule has 0 aromatic heterocycles. The highest BCUT2D eigenvalue weighted by Crippen LogP contribution is 2.70. The van der Waals surface area contributed by atoms with E-state index < -0.39 is 0 Å². The lowest BCUT2D eigenvalue weighted by Crippen LogP contribution is -2.54. The van der Waals surface area contributed by atoms with Crippen LogP contribution in [0.15, 0.2) is 12.7 Å². The van der Waals surface area contributed by atoms with Crippen LogP contribution in [0.2, 0.25) is 0 Å². The average Bonchev–Trinajstić information content (AvgIpc) is 2.80. The third kappa shape index (κ3) is 2.08. The summed E-state index contributed by atoms with van der Waals surface area (Å²) in [5.41, 5.74) is 1.43. The van der Waals surface area contributed by atoms with Crippen molar-refractivity contribution in [2.75, 3.05) is 0 Å². The van der Waals surface area contributed by atoms with Gasteiger partial charge in [0.2, 0.25) is 0 Å². The molecule has 4 saturated carbocycles. The van der Waals surface area contributed by atoms with Gasteiger partial charge >= 0.3 is 0 Å². The number of rotatable bonds is 2. The molecule has 24 heavy (non-hydrogen) atoms. The Labute approximate surface area is 148 Å². The van der Waals surface area contributed by atoms with E-state index in [0.29, 0.717) is 27.9 Å². The molecule has 0 saturated heterocycles. The smallest absolute Gasteiger partial charge is 0.133 e. The third-order valence-corrected chi connectivity index (χ3v) is 9.85. The Kier molecular flexibility index (Phi) is 3.83. The summed E-state index contributed by atoms with van der Waals surface area (Å²) in [6.45, 7) is 11.8. The molecule has 0 heterocycles. The van der Waals surface area contributed by atoms with Crippen LogP contribution in [0.5, 0.6) is 0 Å². The molecule has 7 atom stereocenters. The fourth-order valence-corrected chi connectivity index (χ4v) is 8.06. The number of ketones is 1. The number of allylic oxidation sites excluding steroid dienone is 1. The predicted octanol–water partition coefficient (Wildman–Crippen LogP) is 6.18. The van der Waals surface area contributed by atoms with Crippen LogP contribution in [0.25, 0.3) is 0 Å². The summed E-state index contributed by atoms with van der Waals surface area (Å²) in [5.74, 6) is 3.94. The fourth-order valence-electron chi connectivity index (χ4n) is 8.06. The molecule has 4 aliphatic rings. The van der Waals surface area contributed by atoms with Crippen LogP contribution in [0, 0.1) is 39.9 Å². The summed E-state index contributed by atoms with van der Waals surface area (Å²) in [5, 5.41) is 0. The molecule has 0 aliphatic heterocycles. The molecule has 0 spiro atoms. The van der Waals surface area contributed by atoms with Gasteiger partial charge in [0.05, 0.1) is 0 Å². The molecule has 1 heteroatoms. The zero-order valence-electron chi connectivity index (χ0n) is 16.1. The van der Waals surface area contributed by atoms with Crippen molar-refractivity contribution in [3.05, 3.63) is 12.7 Å². The summed E-state index contributed by atoms with van der Waals surface area (Å²) in [6, 6.07) is 0. The molecule has 0 bridgehead atoms. The van der Waals surface area contributed by atoms with Gasteiger partial charge in [0.1, 0.15) is 5.78 Å². The van der Waals surface area contributed by atoms with E-state index in [1.165, 1.54) is 51.4 Å². The molecule has 0 aromatic carbocycles. The Hall–Kier alpha value is -0.590. The van der Waals surface area contributed by atoms with Crippen LogP contribution < -0.4 is 0 Å². The van der Waals surface area contributed by atoms with Crippen molar-refractivity contribution in [3.63, 3.8) is 0 Å². The Balaban J connectivity index is 1.63. The van der Waals surface area contributed by atoms with Gasteiger partial charge in [-0.15, -0.1) is 6.58 Å². The molecule has 0 radical (unpaired) electrons. The Bertz CT molecular complexity index is 548. The number of hydrogen-bond donors (Lipinski definition) is 0. The predicted molar refractivity (Wildman–Crippen MR) is 99.7 cm³/mol. The zero-order valence-corrected chi connectivity index (χ0v) is 16.1. The molecular weight excluding hydrogens is 292 g/mol. The van der Waals surface area contributed by atoms with Gasteiger partial charge in [-0.3, -0.25) is 4.79 Å². The van der Waals surface area contributed by atoms with Crippen LogP contribution in [0.1, 0.15) is 85.0 Å². The second kappa shape index (κ2) is 5.45. The van der Waals surface area contributed by atoms with E-state index >= 15 is 0 Å². The highest BCUT2D eigenvalue weighted by molar-refractivity contribution is 5.79. The molecule has 134 valence electrons. The van der Waals surface area contributed by atoms with E-state index in [2.05, 4.69) is 33.4 Å². The minimum absolute atomic E-state index is 0.454. The lowest BCUT2D eigenvalue weighted by molar-refractivity contribution is -0.142. The van der Waals surface area contributed by atoms with Crippen LogP contribution in [-0.4, -0.2) is 5.78 Å². The van der Waals surface area contributed by atoms with Gasteiger partial charge in [-0.05, 0) is 91.3 Å². The largest absolute Gasteiger partial charge is 0.300 e. The lowest BCUT2D eigenvalue weighted by atomic mass is 9.43. The highest BCUT2D eigenvalue weighted by atomic mass is 16.1. The quantitative estimate of drug-likeness (QED) is 0.553. The SMILES string of the molecule is C=CC[C@@]1(C)CC[C@H]2C3CCC4CC(=O)CC[C@]4(C)[C@H]3CC[C@@]21C. The standard InChI is InChI=1S/C23H36O/c1-5-11-21(2)12-9-20-18-7-6-16-15-17(24)8-13-22(16,3)19(18)10-14-23(20,21)4/h5,16,18-20H,1,6-15H2,2-4H3/t16?,18?,19-,20-,21-,22-,23-/m0/s1. The van der Waals surface area contributed by atoms with E-state index in [9.17, 15) is 4.79 Å². The van der Waals surface area contributed by atoms with Crippen LogP contribution in [-0.2, 0) is 4.79 Å². The first-order valence-corrected chi connectivity index (χ1v) is 10.5. The first-order valence-electron chi connectivity index (χ1n) is 10.5. The Morgan fingerprint density at radius 1 is 1.04 bits per heavy atom. The molecule has 4 rings (SSSR count). The molecule has 2 unspecified atom stereocenters. The van der Waals surface area contributed by atoms with Crippen molar-refractivity contribution in [3.8, 4) is 0 Å². The van der Waals surface area contributed by atoms with Crippen molar-refractivity contribution in [2.45, 2.75) is 85.0 Å². The topological polar surface area (TPSA) is 17.1 Å².